The third kappa shape index (κ3) is 1.71. The van der Waals surface area contributed by atoms with Crippen LogP contribution in [0.15, 0.2) is 18.2 Å². The maximum atomic E-state index is 10.8. The highest BCUT2D eigenvalue weighted by atomic mass is 16.6. The number of rotatable bonds is 3. The van der Waals surface area contributed by atoms with Gasteiger partial charge in [0, 0.05) is 4.92 Å². The second-order valence-corrected chi connectivity index (χ2v) is 3.71. The summed E-state index contributed by atoms with van der Waals surface area (Å²) in [6, 6.07) is 2.04. The zero-order valence-corrected chi connectivity index (χ0v) is 8.77. The molecule has 0 spiro atoms. The Bertz CT molecular complexity index is 557. The normalized spacial score (nSPS) is 20.9. The van der Waals surface area contributed by atoms with Crippen molar-refractivity contribution in [3.8, 4) is 0 Å². The van der Waals surface area contributed by atoms with Crippen molar-refractivity contribution in [3.05, 3.63) is 49.6 Å². The first-order chi connectivity index (χ1) is 8.41. The number of carbonyl (C=O) groups is 1. The Morgan fingerprint density at radius 1 is 1.28 bits per heavy atom. The van der Waals surface area contributed by atoms with E-state index in [1.54, 1.807) is 0 Å². The number of hydrogen-bond donors (Lipinski definition) is 2. The van der Waals surface area contributed by atoms with Crippen molar-refractivity contribution in [1.82, 2.24) is 0 Å². The molecule has 2 unspecified atom stereocenters. The molecule has 0 amide bonds. The molecule has 0 aliphatic carbocycles. The summed E-state index contributed by atoms with van der Waals surface area (Å²) in [6.07, 6.45) is -1.58. The summed E-state index contributed by atoms with van der Waals surface area (Å²) in [4.78, 5) is 30.7. The zero-order chi connectivity index (χ0) is 13.4. The summed E-state index contributed by atoms with van der Waals surface area (Å²) in [5, 5.41) is 32.7. The second-order valence-electron chi connectivity index (χ2n) is 3.71. The molecule has 9 heteroatoms. The quantitative estimate of drug-likeness (QED) is 0.598. The van der Waals surface area contributed by atoms with Gasteiger partial charge in [-0.2, -0.15) is 0 Å². The number of anilines is 1. The van der Waals surface area contributed by atoms with Crippen LogP contribution >= 0.6 is 0 Å². The summed E-state index contributed by atoms with van der Waals surface area (Å²) in [5.41, 5.74) is 0.136. The van der Waals surface area contributed by atoms with Crippen molar-refractivity contribution in [2.75, 3.05) is 5.32 Å². The molecule has 2 rings (SSSR count). The molecule has 2 N–H and O–H groups in total. The van der Waals surface area contributed by atoms with Gasteiger partial charge in [0.15, 0.2) is 0 Å². The SMILES string of the molecule is O=C(O)c1ccc2c(c1)NC([N+](=O)[O-])C2[N+](=O)[O-]. The van der Waals surface area contributed by atoms with Gasteiger partial charge in [0.2, 0.25) is 0 Å². The Hall–Kier alpha value is -2.71. The van der Waals surface area contributed by atoms with Crippen LogP contribution in [0.2, 0.25) is 0 Å². The van der Waals surface area contributed by atoms with Crippen LogP contribution in [0, 0.1) is 20.2 Å². The van der Waals surface area contributed by atoms with Gasteiger partial charge in [-0.15, -0.1) is 0 Å². The van der Waals surface area contributed by atoms with E-state index in [-0.39, 0.29) is 16.8 Å². The van der Waals surface area contributed by atoms with Crippen molar-refractivity contribution < 1.29 is 19.7 Å². The van der Waals surface area contributed by atoms with Crippen LogP contribution in [0.4, 0.5) is 5.69 Å². The van der Waals surface area contributed by atoms with Gasteiger partial charge < -0.3 is 10.4 Å². The summed E-state index contributed by atoms with van der Waals surface area (Å²) < 4.78 is 0. The minimum Gasteiger partial charge on any atom is -0.478 e. The fourth-order valence-electron chi connectivity index (χ4n) is 1.88. The number of fused-ring (bicyclic) bond motifs is 1. The molecule has 18 heavy (non-hydrogen) atoms. The van der Waals surface area contributed by atoms with Crippen molar-refractivity contribution in [2.24, 2.45) is 0 Å². The lowest BCUT2D eigenvalue weighted by atomic mass is 10.1. The predicted molar refractivity (Wildman–Crippen MR) is 57.5 cm³/mol. The van der Waals surface area contributed by atoms with Crippen molar-refractivity contribution >= 4 is 11.7 Å². The number of aromatic carboxylic acids is 1. The number of carboxylic acids is 1. The maximum absolute atomic E-state index is 10.8. The van der Waals surface area contributed by atoms with Crippen LogP contribution in [0.25, 0.3) is 0 Å². The number of carboxylic acid groups (broad SMARTS) is 1. The zero-order valence-electron chi connectivity index (χ0n) is 8.77. The molecule has 0 saturated carbocycles. The Labute approximate surface area is 99.3 Å². The van der Waals surface area contributed by atoms with E-state index in [1.165, 1.54) is 12.1 Å². The van der Waals surface area contributed by atoms with Crippen LogP contribution in [0.3, 0.4) is 0 Å². The predicted octanol–water partition coefficient (Wildman–Crippen LogP) is 0.731. The van der Waals surface area contributed by atoms with E-state index in [9.17, 15) is 25.0 Å². The number of benzene rings is 1. The highest BCUT2D eigenvalue weighted by molar-refractivity contribution is 5.89. The van der Waals surface area contributed by atoms with E-state index in [0.29, 0.717) is 0 Å². The smallest absolute Gasteiger partial charge is 0.356 e. The molecule has 0 saturated heterocycles. The van der Waals surface area contributed by atoms with E-state index < -0.39 is 28.0 Å². The van der Waals surface area contributed by atoms with Crippen LogP contribution in [-0.4, -0.2) is 27.1 Å². The van der Waals surface area contributed by atoms with Gasteiger partial charge in [-0.25, -0.2) is 4.79 Å². The monoisotopic (exact) mass is 253 g/mol. The van der Waals surface area contributed by atoms with E-state index >= 15 is 0 Å². The van der Waals surface area contributed by atoms with Crippen LogP contribution < -0.4 is 5.32 Å². The third-order valence-electron chi connectivity index (χ3n) is 2.68. The number of nitrogens with zero attached hydrogens (tertiary/aromatic N) is 2. The molecular weight excluding hydrogens is 246 g/mol. The lowest BCUT2D eigenvalue weighted by Crippen LogP contribution is -2.33. The van der Waals surface area contributed by atoms with E-state index in [1.807, 2.05) is 0 Å². The fraction of sp³-hybridized carbons (Fsp3) is 0.222. The van der Waals surface area contributed by atoms with Crippen molar-refractivity contribution in [3.63, 3.8) is 0 Å². The Kier molecular flexibility index (Phi) is 2.58. The summed E-state index contributed by atoms with van der Waals surface area (Å²) in [7, 11) is 0. The maximum Gasteiger partial charge on any atom is 0.356 e. The van der Waals surface area contributed by atoms with Gasteiger partial charge in [0.1, 0.15) is 0 Å². The lowest BCUT2D eigenvalue weighted by Gasteiger charge is -2.05. The van der Waals surface area contributed by atoms with Gasteiger partial charge >= 0.3 is 18.2 Å². The molecule has 0 aromatic heterocycles. The molecule has 1 aliphatic rings. The Morgan fingerprint density at radius 2 is 1.94 bits per heavy atom. The standard InChI is InChI=1S/C9H7N3O6/c13-9(14)4-1-2-5-6(3-4)10-8(12(17)18)7(5)11(15)16/h1-3,7-8,10H,(H,13,14). The molecule has 94 valence electrons. The molecular formula is C9H7N3O6. The molecule has 0 bridgehead atoms. The molecule has 1 aromatic carbocycles. The van der Waals surface area contributed by atoms with Gasteiger partial charge in [0.05, 0.1) is 21.7 Å². The van der Waals surface area contributed by atoms with Gasteiger partial charge in [-0.1, -0.05) is 0 Å². The van der Waals surface area contributed by atoms with Gasteiger partial charge in [-0.3, -0.25) is 20.2 Å². The van der Waals surface area contributed by atoms with E-state index in [4.69, 9.17) is 5.11 Å². The number of nitro groups is 2. The molecule has 2 atom stereocenters. The Balaban J connectivity index is 2.49. The van der Waals surface area contributed by atoms with Crippen molar-refractivity contribution in [1.29, 1.82) is 0 Å². The van der Waals surface area contributed by atoms with Crippen LogP contribution in [0.1, 0.15) is 22.0 Å². The topological polar surface area (TPSA) is 136 Å². The van der Waals surface area contributed by atoms with Gasteiger partial charge in [0.25, 0.3) is 0 Å². The highest BCUT2D eigenvalue weighted by Crippen LogP contribution is 2.37. The van der Waals surface area contributed by atoms with E-state index in [0.717, 1.165) is 6.07 Å². The van der Waals surface area contributed by atoms with E-state index in [2.05, 4.69) is 5.32 Å². The minimum atomic E-state index is -1.58. The fourth-order valence-corrected chi connectivity index (χ4v) is 1.88. The van der Waals surface area contributed by atoms with Crippen LogP contribution in [0.5, 0.6) is 0 Å². The molecule has 0 fully saturated rings. The summed E-state index contributed by atoms with van der Waals surface area (Å²) >= 11 is 0. The first-order valence-corrected chi connectivity index (χ1v) is 4.82. The average Bonchev–Trinajstić information content (AvgIpc) is 2.66. The van der Waals surface area contributed by atoms with Gasteiger partial charge in [-0.05, 0) is 18.2 Å². The lowest BCUT2D eigenvalue weighted by molar-refractivity contribution is -0.615. The van der Waals surface area contributed by atoms with Crippen molar-refractivity contribution in [2.45, 2.75) is 12.2 Å². The average molecular weight is 253 g/mol. The first kappa shape index (κ1) is 11.8. The molecule has 1 aliphatic heterocycles. The minimum absolute atomic E-state index is 0.0904. The third-order valence-corrected chi connectivity index (χ3v) is 2.68. The summed E-state index contributed by atoms with van der Waals surface area (Å²) in [5.74, 6) is -1.21. The Morgan fingerprint density at radius 3 is 2.44 bits per heavy atom. The number of hydrogen-bond acceptors (Lipinski definition) is 6. The largest absolute Gasteiger partial charge is 0.478 e. The molecule has 1 heterocycles. The molecule has 9 nitrogen and oxygen atoms in total. The molecule has 0 radical (unpaired) electrons. The highest BCUT2D eigenvalue weighted by Gasteiger charge is 2.49. The first-order valence-electron chi connectivity index (χ1n) is 4.82. The molecule has 1 aromatic rings. The second kappa shape index (κ2) is 3.95. The van der Waals surface area contributed by atoms with Crippen LogP contribution in [-0.2, 0) is 0 Å². The summed E-state index contributed by atoms with van der Waals surface area (Å²) in [6.45, 7) is 0. The number of nitrogens with one attached hydrogen (secondary N) is 1.